The number of fused-ring (bicyclic) bond motifs is 4. The summed E-state index contributed by atoms with van der Waals surface area (Å²) in [7, 11) is 0. The van der Waals surface area contributed by atoms with Gasteiger partial charge in [0.25, 0.3) is 0 Å². The van der Waals surface area contributed by atoms with Crippen LogP contribution in [0.2, 0.25) is 0 Å². The zero-order valence-electron chi connectivity index (χ0n) is 22.3. The van der Waals surface area contributed by atoms with E-state index in [1.807, 2.05) is 6.92 Å². The molecule has 0 aromatic carbocycles. The molecule has 35 heavy (non-hydrogen) atoms. The summed E-state index contributed by atoms with van der Waals surface area (Å²) in [5.74, 6) is -0.281. The SMILES string of the molecule is C[C@@H]1CC[C@]2(C(=O)O)CC[C@]34C[C@]3(C=C[C@@H]3[C@@]5(C)CC[C@H](O)[C@@](C)(CO)[C@@H]5CC[C@]34C)[C@@H]2[C@]1(C)O. The van der Waals surface area contributed by atoms with Crippen molar-refractivity contribution in [1.29, 1.82) is 0 Å². The Bertz CT molecular complexity index is 989. The number of allylic oxidation sites excluding steroid dienone is 2. The van der Waals surface area contributed by atoms with Crippen molar-refractivity contribution in [3.8, 4) is 0 Å². The largest absolute Gasteiger partial charge is 0.481 e. The Balaban J connectivity index is 1.49. The Morgan fingerprint density at radius 3 is 2.37 bits per heavy atom. The first-order valence-electron chi connectivity index (χ1n) is 14.2. The number of rotatable bonds is 2. The zero-order valence-corrected chi connectivity index (χ0v) is 22.3. The molecule has 6 rings (SSSR count). The van der Waals surface area contributed by atoms with E-state index in [4.69, 9.17) is 0 Å². The predicted octanol–water partition coefficient (Wildman–Crippen LogP) is 4.79. The van der Waals surface area contributed by atoms with Crippen LogP contribution in [-0.4, -0.2) is 44.7 Å². The van der Waals surface area contributed by atoms with Gasteiger partial charge >= 0.3 is 5.97 Å². The number of hydrogen-bond donors (Lipinski definition) is 4. The molecule has 0 aliphatic heterocycles. The summed E-state index contributed by atoms with van der Waals surface area (Å²) in [6.07, 6.45) is 12.1. The van der Waals surface area contributed by atoms with Gasteiger partial charge in [-0.2, -0.15) is 0 Å². The average Bonchev–Trinajstić information content (AvgIpc) is 3.50. The lowest BCUT2D eigenvalue weighted by molar-refractivity contribution is -0.227. The minimum atomic E-state index is -1.00. The molecule has 0 radical (unpaired) electrons. The molecule has 6 aliphatic rings. The molecule has 4 N–H and O–H groups in total. The highest BCUT2D eigenvalue weighted by atomic mass is 16.4. The van der Waals surface area contributed by atoms with Crippen molar-refractivity contribution in [3.63, 3.8) is 0 Å². The summed E-state index contributed by atoms with van der Waals surface area (Å²) >= 11 is 0. The number of carboxylic acids is 1. The maximum Gasteiger partial charge on any atom is 0.310 e. The molecule has 5 nitrogen and oxygen atoms in total. The second kappa shape index (κ2) is 6.74. The maximum absolute atomic E-state index is 12.9. The highest BCUT2D eigenvalue weighted by Gasteiger charge is 2.86. The molecule has 0 heterocycles. The van der Waals surface area contributed by atoms with Gasteiger partial charge in [-0.25, -0.2) is 0 Å². The highest BCUT2D eigenvalue weighted by molar-refractivity contribution is 5.77. The van der Waals surface area contributed by atoms with Crippen molar-refractivity contribution in [2.45, 2.75) is 104 Å². The van der Waals surface area contributed by atoms with Gasteiger partial charge in [0.2, 0.25) is 0 Å². The first kappa shape index (κ1) is 24.4. The second-order valence-electron chi connectivity index (χ2n) is 14.9. The van der Waals surface area contributed by atoms with Crippen molar-refractivity contribution in [2.75, 3.05) is 6.61 Å². The van der Waals surface area contributed by atoms with E-state index in [0.29, 0.717) is 18.8 Å². The smallest absolute Gasteiger partial charge is 0.310 e. The third kappa shape index (κ3) is 2.41. The molecule has 0 unspecified atom stereocenters. The highest BCUT2D eigenvalue weighted by Crippen LogP contribution is 2.90. The van der Waals surface area contributed by atoms with Gasteiger partial charge in [0, 0.05) is 16.7 Å². The Labute approximate surface area is 210 Å². The summed E-state index contributed by atoms with van der Waals surface area (Å²) < 4.78 is 0. The minimum absolute atomic E-state index is 0.00653. The lowest BCUT2D eigenvalue weighted by Gasteiger charge is -2.69. The Kier molecular flexibility index (Phi) is 4.71. The van der Waals surface area contributed by atoms with Crippen LogP contribution in [0.15, 0.2) is 12.2 Å². The van der Waals surface area contributed by atoms with Crippen molar-refractivity contribution in [2.24, 2.45) is 56.2 Å². The fourth-order valence-electron chi connectivity index (χ4n) is 12.0. The van der Waals surface area contributed by atoms with Gasteiger partial charge in [-0.1, -0.05) is 39.8 Å². The van der Waals surface area contributed by atoms with Crippen LogP contribution in [0.25, 0.3) is 0 Å². The number of carboxylic acid groups (broad SMARTS) is 1. The summed E-state index contributed by atoms with van der Waals surface area (Å²) in [5, 5.41) is 43.9. The summed E-state index contributed by atoms with van der Waals surface area (Å²) in [5.41, 5.74) is -2.51. The molecule has 5 saturated carbocycles. The Hall–Kier alpha value is -0.910. The molecule has 0 bridgehead atoms. The molecular formula is C30H46O5. The molecule has 196 valence electrons. The summed E-state index contributed by atoms with van der Waals surface area (Å²) in [4.78, 5) is 12.9. The van der Waals surface area contributed by atoms with Gasteiger partial charge in [0.1, 0.15) is 0 Å². The van der Waals surface area contributed by atoms with E-state index < -0.39 is 28.5 Å². The lowest BCUT2D eigenvalue weighted by Crippen LogP contribution is -2.67. The van der Waals surface area contributed by atoms with Crippen molar-refractivity contribution in [1.82, 2.24) is 0 Å². The quantitative estimate of drug-likeness (QED) is 0.421. The van der Waals surface area contributed by atoms with Crippen LogP contribution in [0, 0.1) is 56.2 Å². The van der Waals surface area contributed by atoms with Crippen LogP contribution in [0.5, 0.6) is 0 Å². The predicted molar refractivity (Wildman–Crippen MR) is 133 cm³/mol. The molecule has 0 aromatic heterocycles. The fourth-order valence-corrected chi connectivity index (χ4v) is 12.0. The van der Waals surface area contributed by atoms with E-state index >= 15 is 0 Å². The first-order chi connectivity index (χ1) is 16.2. The van der Waals surface area contributed by atoms with Gasteiger partial charge in [0.15, 0.2) is 0 Å². The third-order valence-corrected chi connectivity index (χ3v) is 14.1. The maximum atomic E-state index is 12.9. The third-order valence-electron chi connectivity index (χ3n) is 14.1. The zero-order chi connectivity index (χ0) is 25.4. The lowest BCUT2D eigenvalue weighted by atomic mass is 9.36. The molecule has 0 spiro atoms. The average molecular weight is 487 g/mol. The molecule has 5 fully saturated rings. The number of hydrogen-bond acceptors (Lipinski definition) is 4. The van der Waals surface area contributed by atoms with Crippen molar-refractivity contribution >= 4 is 5.97 Å². The molecule has 0 saturated heterocycles. The van der Waals surface area contributed by atoms with E-state index in [-0.39, 0.29) is 46.0 Å². The molecular weight excluding hydrogens is 440 g/mol. The Morgan fingerprint density at radius 1 is 1.00 bits per heavy atom. The van der Waals surface area contributed by atoms with E-state index in [0.717, 1.165) is 44.9 Å². The van der Waals surface area contributed by atoms with Gasteiger partial charge in [-0.05, 0) is 98.7 Å². The standard InChI is InChI=1S/C30H46O5/c1-18-6-12-28(23(33)34)14-15-30-16-29(30,22(28)27(18,5)35)13-8-20-24(2)10-9-21(32)25(3,17-31)19(24)7-11-26(20,30)4/h8,13,18-22,31-32,35H,6-7,9-12,14-17H2,1-5H3,(H,33,34)/t18-,19-,20-,21+,22-,24+,25+,26-,27-,28+,29-,30-/m1/s1. The van der Waals surface area contributed by atoms with Gasteiger partial charge < -0.3 is 20.4 Å². The second-order valence-corrected chi connectivity index (χ2v) is 14.9. The molecule has 0 amide bonds. The van der Waals surface area contributed by atoms with Crippen LogP contribution in [0.4, 0.5) is 0 Å². The molecule has 12 atom stereocenters. The summed E-state index contributed by atoms with van der Waals surface area (Å²) in [6, 6.07) is 0. The van der Waals surface area contributed by atoms with Crippen molar-refractivity contribution in [3.05, 3.63) is 12.2 Å². The number of carbonyl (C=O) groups is 1. The van der Waals surface area contributed by atoms with Crippen molar-refractivity contribution < 1.29 is 25.2 Å². The van der Waals surface area contributed by atoms with Gasteiger partial charge in [0.05, 0.1) is 23.7 Å². The minimum Gasteiger partial charge on any atom is -0.481 e. The van der Waals surface area contributed by atoms with Gasteiger partial charge in [-0.3, -0.25) is 4.79 Å². The fraction of sp³-hybridized carbons (Fsp3) is 0.900. The topological polar surface area (TPSA) is 98.0 Å². The summed E-state index contributed by atoms with van der Waals surface area (Å²) in [6.45, 7) is 11.0. The van der Waals surface area contributed by atoms with Crippen LogP contribution in [-0.2, 0) is 4.79 Å². The molecule has 6 aliphatic carbocycles. The van der Waals surface area contributed by atoms with Crippen LogP contribution in [0.3, 0.4) is 0 Å². The first-order valence-corrected chi connectivity index (χ1v) is 14.2. The Morgan fingerprint density at radius 2 is 1.71 bits per heavy atom. The number of aliphatic carboxylic acids is 1. The molecule has 5 heteroatoms. The monoisotopic (exact) mass is 486 g/mol. The van der Waals surface area contributed by atoms with Crippen LogP contribution < -0.4 is 0 Å². The van der Waals surface area contributed by atoms with Gasteiger partial charge in [-0.15, -0.1) is 0 Å². The number of aliphatic hydroxyl groups excluding tert-OH is 2. The van der Waals surface area contributed by atoms with E-state index in [2.05, 4.69) is 39.8 Å². The normalized spacial score (nSPS) is 62.6. The van der Waals surface area contributed by atoms with E-state index in [1.165, 1.54) is 0 Å². The van der Waals surface area contributed by atoms with E-state index in [9.17, 15) is 25.2 Å². The van der Waals surface area contributed by atoms with Crippen LogP contribution in [0.1, 0.15) is 92.4 Å². The number of aliphatic hydroxyl groups is 3. The van der Waals surface area contributed by atoms with Crippen LogP contribution >= 0.6 is 0 Å². The van der Waals surface area contributed by atoms with E-state index in [1.54, 1.807) is 0 Å². The molecule has 0 aromatic rings.